The molecule has 152 valence electrons. The topological polar surface area (TPSA) is 69.6 Å². The number of hydrogen-bond acceptors (Lipinski definition) is 4. The van der Waals surface area contributed by atoms with Gasteiger partial charge in [-0.15, -0.1) is 0 Å². The van der Waals surface area contributed by atoms with Gasteiger partial charge in [0.25, 0.3) is 11.5 Å². The minimum absolute atomic E-state index is 0.100. The van der Waals surface area contributed by atoms with E-state index in [1.54, 1.807) is 37.4 Å². The highest BCUT2D eigenvalue weighted by molar-refractivity contribution is 5.84. The third-order valence-corrected chi connectivity index (χ3v) is 4.58. The van der Waals surface area contributed by atoms with Gasteiger partial charge < -0.3 is 19.4 Å². The summed E-state index contributed by atoms with van der Waals surface area (Å²) in [6.07, 6.45) is 0. The van der Waals surface area contributed by atoms with Crippen molar-refractivity contribution in [1.82, 2.24) is 9.88 Å². The van der Waals surface area contributed by atoms with Gasteiger partial charge in [-0.2, -0.15) is 0 Å². The number of rotatable bonds is 8. The van der Waals surface area contributed by atoms with Crippen LogP contribution in [0.2, 0.25) is 0 Å². The molecule has 0 aliphatic carbocycles. The first-order valence-corrected chi connectivity index (χ1v) is 9.25. The summed E-state index contributed by atoms with van der Waals surface area (Å²) in [6.45, 7) is 2.61. The van der Waals surface area contributed by atoms with Gasteiger partial charge in [-0.25, -0.2) is 4.39 Å². The number of pyridine rings is 1. The number of halogens is 1. The van der Waals surface area contributed by atoms with E-state index in [1.165, 1.54) is 16.7 Å². The highest BCUT2D eigenvalue weighted by Crippen LogP contribution is 2.23. The van der Waals surface area contributed by atoms with Crippen LogP contribution in [0.15, 0.2) is 53.3 Å². The summed E-state index contributed by atoms with van der Waals surface area (Å²) >= 11 is 0. The maximum absolute atomic E-state index is 14.1. The number of fused-ring (bicyclic) bond motifs is 1. The Balaban J connectivity index is 1.89. The molecule has 2 aromatic carbocycles. The second-order valence-corrected chi connectivity index (χ2v) is 6.65. The van der Waals surface area contributed by atoms with E-state index in [0.717, 1.165) is 10.9 Å². The zero-order valence-electron chi connectivity index (χ0n) is 16.4. The monoisotopic (exact) mass is 398 g/mol. The number of ether oxygens (including phenoxy) is 2. The molecule has 1 heterocycles. The van der Waals surface area contributed by atoms with Crippen molar-refractivity contribution in [3.05, 3.63) is 75.8 Å². The highest BCUT2D eigenvalue weighted by atomic mass is 19.1. The zero-order chi connectivity index (χ0) is 20.8. The van der Waals surface area contributed by atoms with Gasteiger partial charge in [0, 0.05) is 36.7 Å². The van der Waals surface area contributed by atoms with Crippen molar-refractivity contribution in [2.75, 3.05) is 26.9 Å². The lowest BCUT2D eigenvalue weighted by Gasteiger charge is -2.14. The van der Waals surface area contributed by atoms with Gasteiger partial charge in [0.15, 0.2) is 6.61 Å². The SMILES string of the molecule is COCCNC(=O)COc1ccc2c(C)cc(=O)n(Cc3ccccc3F)c2c1. The normalized spacial score (nSPS) is 10.9. The molecule has 0 aliphatic heterocycles. The van der Waals surface area contributed by atoms with Crippen LogP contribution in [0.3, 0.4) is 0 Å². The van der Waals surface area contributed by atoms with Crippen LogP contribution < -0.4 is 15.6 Å². The molecule has 0 radical (unpaired) electrons. The van der Waals surface area contributed by atoms with Gasteiger partial charge in [-0.05, 0) is 30.7 Å². The maximum atomic E-state index is 14.1. The van der Waals surface area contributed by atoms with Crippen molar-refractivity contribution in [2.24, 2.45) is 0 Å². The van der Waals surface area contributed by atoms with Gasteiger partial charge >= 0.3 is 0 Å². The molecule has 0 fully saturated rings. The number of methoxy groups -OCH3 is 1. The summed E-state index contributed by atoms with van der Waals surface area (Å²) in [5.41, 5.74) is 1.63. The number of hydrogen-bond donors (Lipinski definition) is 1. The number of aryl methyl sites for hydroxylation is 1. The molecule has 3 aromatic rings. The van der Waals surface area contributed by atoms with Crippen LogP contribution in [0, 0.1) is 12.7 Å². The fraction of sp³-hybridized carbons (Fsp3) is 0.273. The molecular formula is C22H23FN2O4. The van der Waals surface area contributed by atoms with Crippen molar-refractivity contribution in [3.63, 3.8) is 0 Å². The quantitative estimate of drug-likeness (QED) is 0.593. The average molecular weight is 398 g/mol. The Hall–Kier alpha value is -3.19. The summed E-state index contributed by atoms with van der Waals surface area (Å²) < 4.78 is 26.1. The first-order chi connectivity index (χ1) is 14.0. The Kier molecular flexibility index (Phi) is 6.61. The number of carbonyl (C=O) groups is 1. The summed E-state index contributed by atoms with van der Waals surface area (Å²) in [5, 5.41) is 3.53. The molecule has 1 N–H and O–H groups in total. The number of nitrogens with zero attached hydrogens (tertiary/aromatic N) is 1. The molecule has 6 nitrogen and oxygen atoms in total. The minimum Gasteiger partial charge on any atom is -0.484 e. The Morgan fingerprint density at radius 3 is 2.72 bits per heavy atom. The number of amides is 1. The predicted octanol–water partition coefficient (Wildman–Crippen LogP) is 2.64. The fourth-order valence-corrected chi connectivity index (χ4v) is 3.07. The summed E-state index contributed by atoms with van der Waals surface area (Å²) in [7, 11) is 1.56. The molecule has 0 spiro atoms. The van der Waals surface area contributed by atoms with E-state index in [9.17, 15) is 14.0 Å². The molecular weight excluding hydrogens is 375 g/mol. The molecule has 3 rings (SSSR count). The number of carbonyl (C=O) groups excluding carboxylic acids is 1. The van der Waals surface area contributed by atoms with Crippen molar-refractivity contribution in [1.29, 1.82) is 0 Å². The molecule has 29 heavy (non-hydrogen) atoms. The summed E-state index contributed by atoms with van der Waals surface area (Å²) in [4.78, 5) is 24.4. The lowest BCUT2D eigenvalue weighted by atomic mass is 10.1. The minimum atomic E-state index is -0.367. The molecule has 1 amide bonds. The van der Waals surface area contributed by atoms with Crippen molar-refractivity contribution >= 4 is 16.8 Å². The van der Waals surface area contributed by atoms with E-state index in [0.29, 0.717) is 30.0 Å². The van der Waals surface area contributed by atoms with Crippen LogP contribution in [0.4, 0.5) is 4.39 Å². The number of benzene rings is 2. The van der Waals surface area contributed by atoms with E-state index in [-0.39, 0.29) is 30.4 Å². The Morgan fingerprint density at radius 2 is 1.97 bits per heavy atom. The van der Waals surface area contributed by atoms with E-state index in [1.807, 2.05) is 13.0 Å². The molecule has 0 saturated carbocycles. The first-order valence-electron chi connectivity index (χ1n) is 9.25. The lowest BCUT2D eigenvalue weighted by molar-refractivity contribution is -0.123. The Bertz CT molecular complexity index is 1080. The van der Waals surface area contributed by atoms with Crippen molar-refractivity contribution in [2.45, 2.75) is 13.5 Å². The number of aromatic nitrogens is 1. The smallest absolute Gasteiger partial charge is 0.258 e. The van der Waals surface area contributed by atoms with E-state index in [2.05, 4.69) is 5.32 Å². The molecule has 1 aromatic heterocycles. The second-order valence-electron chi connectivity index (χ2n) is 6.65. The van der Waals surface area contributed by atoms with Crippen molar-refractivity contribution < 1.29 is 18.7 Å². The van der Waals surface area contributed by atoms with Gasteiger partial charge in [0.05, 0.1) is 18.7 Å². The van der Waals surface area contributed by atoms with Crippen LogP contribution in [-0.2, 0) is 16.1 Å². The van der Waals surface area contributed by atoms with Gasteiger partial charge in [0.1, 0.15) is 11.6 Å². The van der Waals surface area contributed by atoms with Crippen LogP contribution in [0.1, 0.15) is 11.1 Å². The predicted molar refractivity (Wildman–Crippen MR) is 109 cm³/mol. The Labute approximate surface area is 167 Å². The van der Waals surface area contributed by atoms with Crippen molar-refractivity contribution in [3.8, 4) is 5.75 Å². The van der Waals surface area contributed by atoms with Crippen LogP contribution in [0.25, 0.3) is 10.9 Å². The van der Waals surface area contributed by atoms with Crippen LogP contribution in [0.5, 0.6) is 5.75 Å². The molecule has 0 atom stereocenters. The van der Waals surface area contributed by atoms with E-state index < -0.39 is 0 Å². The van der Waals surface area contributed by atoms with Crippen LogP contribution >= 0.6 is 0 Å². The molecule has 7 heteroatoms. The third kappa shape index (κ3) is 5.00. The standard InChI is InChI=1S/C22H23FN2O4/c1-15-11-22(27)25(13-16-5-3-4-6-19(16)23)20-12-17(7-8-18(15)20)29-14-21(26)24-9-10-28-2/h3-8,11-12H,9-10,13-14H2,1-2H3,(H,24,26). The first kappa shape index (κ1) is 20.5. The average Bonchev–Trinajstić information content (AvgIpc) is 2.71. The summed E-state index contributed by atoms with van der Waals surface area (Å²) in [5.74, 6) is -0.185. The maximum Gasteiger partial charge on any atom is 0.258 e. The number of nitrogens with one attached hydrogen (secondary N) is 1. The molecule has 0 aliphatic rings. The summed E-state index contributed by atoms with van der Waals surface area (Å²) in [6, 6.07) is 13.2. The molecule has 0 unspecified atom stereocenters. The van der Waals surface area contributed by atoms with Gasteiger partial charge in [0.2, 0.25) is 0 Å². The van der Waals surface area contributed by atoms with Gasteiger partial charge in [-0.1, -0.05) is 18.2 Å². The lowest BCUT2D eigenvalue weighted by Crippen LogP contribution is -2.31. The second kappa shape index (κ2) is 9.34. The largest absolute Gasteiger partial charge is 0.484 e. The zero-order valence-corrected chi connectivity index (χ0v) is 16.4. The Morgan fingerprint density at radius 1 is 1.17 bits per heavy atom. The van der Waals surface area contributed by atoms with E-state index in [4.69, 9.17) is 9.47 Å². The molecule has 0 saturated heterocycles. The van der Waals surface area contributed by atoms with E-state index >= 15 is 0 Å². The van der Waals surface area contributed by atoms with Gasteiger partial charge in [-0.3, -0.25) is 9.59 Å². The van der Waals surface area contributed by atoms with Crippen LogP contribution in [-0.4, -0.2) is 37.3 Å². The molecule has 0 bridgehead atoms. The highest BCUT2D eigenvalue weighted by Gasteiger charge is 2.11. The third-order valence-electron chi connectivity index (χ3n) is 4.58. The fourth-order valence-electron chi connectivity index (χ4n) is 3.07.